The van der Waals surface area contributed by atoms with Gasteiger partial charge in [-0.2, -0.15) is 0 Å². The van der Waals surface area contributed by atoms with Crippen LogP contribution in [0, 0.1) is 0 Å². The second-order valence-electron chi connectivity index (χ2n) is 6.51. The summed E-state index contributed by atoms with van der Waals surface area (Å²) in [6.07, 6.45) is 4.31. The van der Waals surface area contributed by atoms with Gasteiger partial charge in [0.2, 0.25) is 5.91 Å². The van der Waals surface area contributed by atoms with Gasteiger partial charge in [-0.25, -0.2) is 4.98 Å². The zero-order valence-corrected chi connectivity index (χ0v) is 15.3. The van der Waals surface area contributed by atoms with Gasteiger partial charge in [-0.15, -0.1) is 11.3 Å². The summed E-state index contributed by atoms with van der Waals surface area (Å²) in [4.78, 5) is 31.5. The molecule has 1 atom stereocenters. The van der Waals surface area contributed by atoms with E-state index in [1.54, 1.807) is 10.3 Å². The lowest BCUT2D eigenvalue weighted by Gasteiger charge is -2.21. The maximum Gasteiger partial charge on any atom is 0.272 e. The standard InChI is InChI=1S/C19H20N4O2S/c1-2-12-5-7-13(8-6-12)14-10-23-16(11-26-19(23)21-14)18(25)22-9-3-4-15(22)17(20)24/h5-8,10-11,15H,2-4,9H2,1H3,(H2,20,24). The van der Waals surface area contributed by atoms with E-state index in [0.717, 1.165) is 29.1 Å². The fourth-order valence-corrected chi connectivity index (χ4v) is 4.29. The Morgan fingerprint density at radius 2 is 2.08 bits per heavy atom. The van der Waals surface area contributed by atoms with E-state index >= 15 is 0 Å². The summed E-state index contributed by atoms with van der Waals surface area (Å²) in [6, 6.07) is 7.78. The predicted octanol–water partition coefficient (Wildman–Crippen LogP) is 2.72. The molecular formula is C19H20N4O2S. The molecule has 26 heavy (non-hydrogen) atoms. The van der Waals surface area contributed by atoms with Crippen LogP contribution < -0.4 is 5.73 Å². The molecule has 2 aromatic heterocycles. The van der Waals surface area contributed by atoms with Crippen LogP contribution in [-0.2, 0) is 11.2 Å². The summed E-state index contributed by atoms with van der Waals surface area (Å²) in [5.74, 6) is -0.604. The number of hydrogen-bond donors (Lipinski definition) is 1. The Hall–Kier alpha value is -2.67. The number of amides is 2. The van der Waals surface area contributed by atoms with Crippen LogP contribution in [0.25, 0.3) is 16.2 Å². The second kappa shape index (κ2) is 6.57. The van der Waals surface area contributed by atoms with Gasteiger partial charge in [-0.05, 0) is 24.8 Å². The van der Waals surface area contributed by atoms with E-state index in [4.69, 9.17) is 5.73 Å². The molecule has 134 valence electrons. The van der Waals surface area contributed by atoms with Crippen molar-refractivity contribution in [3.05, 3.63) is 47.1 Å². The van der Waals surface area contributed by atoms with Crippen LogP contribution in [0.4, 0.5) is 0 Å². The summed E-state index contributed by atoms with van der Waals surface area (Å²) in [7, 11) is 0. The van der Waals surface area contributed by atoms with Crippen molar-refractivity contribution in [2.24, 2.45) is 5.73 Å². The van der Waals surface area contributed by atoms with Gasteiger partial charge < -0.3 is 10.6 Å². The zero-order valence-electron chi connectivity index (χ0n) is 14.5. The Balaban J connectivity index is 1.67. The van der Waals surface area contributed by atoms with Gasteiger partial charge in [0, 0.05) is 23.7 Å². The summed E-state index contributed by atoms with van der Waals surface area (Å²) in [5.41, 5.74) is 9.11. The quantitative estimate of drug-likeness (QED) is 0.769. The number of thiazole rings is 1. The highest BCUT2D eigenvalue weighted by atomic mass is 32.1. The van der Waals surface area contributed by atoms with Crippen molar-refractivity contribution in [3.8, 4) is 11.3 Å². The van der Waals surface area contributed by atoms with Gasteiger partial charge >= 0.3 is 0 Å². The molecule has 1 aliphatic heterocycles. The van der Waals surface area contributed by atoms with E-state index in [1.165, 1.54) is 16.9 Å². The van der Waals surface area contributed by atoms with E-state index < -0.39 is 11.9 Å². The van der Waals surface area contributed by atoms with E-state index in [-0.39, 0.29) is 5.91 Å². The number of aromatic nitrogens is 2. The first-order chi connectivity index (χ1) is 12.6. The second-order valence-corrected chi connectivity index (χ2v) is 7.35. The number of nitrogens with two attached hydrogens (primary N) is 1. The average molecular weight is 368 g/mol. The molecule has 0 bridgehead atoms. The summed E-state index contributed by atoms with van der Waals surface area (Å²) >= 11 is 1.42. The minimum atomic E-state index is -0.512. The highest BCUT2D eigenvalue weighted by Gasteiger charge is 2.34. The average Bonchev–Trinajstić information content (AvgIpc) is 3.36. The van der Waals surface area contributed by atoms with Crippen molar-refractivity contribution in [1.29, 1.82) is 0 Å². The van der Waals surface area contributed by atoms with Crippen molar-refractivity contribution >= 4 is 28.1 Å². The number of hydrogen-bond acceptors (Lipinski definition) is 4. The van der Waals surface area contributed by atoms with Crippen molar-refractivity contribution in [1.82, 2.24) is 14.3 Å². The monoisotopic (exact) mass is 368 g/mol. The van der Waals surface area contributed by atoms with Crippen molar-refractivity contribution < 1.29 is 9.59 Å². The highest BCUT2D eigenvalue weighted by molar-refractivity contribution is 7.15. The molecule has 7 heteroatoms. The molecule has 0 aliphatic carbocycles. The van der Waals surface area contributed by atoms with Crippen LogP contribution in [0.2, 0.25) is 0 Å². The Bertz CT molecular complexity index is 973. The van der Waals surface area contributed by atoms with E-state index in [9.17, 15) is 9.59 Å². The van der Waals surface area contributed by atoms with Crippen molar-refractivity contribution in [3.63, 3.8) is 0 Å². The molecule has 1 unspecified atom stereocenters. The number of carbonyl (C=O) groups is 2. The molecule has 0 spiro atoms. The van der Waals surface area contributed by atoms with E-state index in [0.29, 0.717) is 18.7 Å². The van der Waals surface area contributed by atoms with Crippen LogP contribution in [-0.4, -0.2) is 38.7 Å². The lowest BCUT2D eigenvalue weighted by Crippen LogP contribution is -2.44. The number of benzene rings is 1. The first-order valence-corrected chi connectivity index (χ1v) is 9.62. The molecule has 1 aromatic carbocycles. The number of nitrogens with zero attached hydrogens (tertiary/aromatic N) is 3. The van der Waals surface area contributed by atoms with E-state index in [1.807, 2.05) is 10.6 Å². The van der Waals surface area contributed by atoms with Crippen LogP contribution in [0.3, 0.4) is 0 Å². The fraction of sp³-hybridized carbons (Fsp3) is 0.316. The zero-order chi connectivity index (χ0) is 18.3. The van der Waals surface area contributed by atoms with Crippen LogP contribution in [0.1, 0.15) is 35.8 Å². The molecule has 0 radical (unpaired) electrons. The smallest absolute Gasteiger partial charge is 0.272 e. The Kier molecular flexibility index (Phi) is 4.24. The van der Waals surface area contributed by atoms with Crippen molar-refractivity contribution in [2.75, 3.05) is 6.54 Å². The minimum Gasteiger partial charge on any atom is -0.368 e. The molecule has 1 saturated heterocycles. The molecule has 2 amide bonds. The van der Waals surface area contributed by atoms with Gasteiger partial charge in [0.25, 0.3) is 5.91 Å². The molecule has 6 nitrogen and oxygen atoms in total. The SMILES string of the molecule is CCc1ccc(-c2cn3c(C(=O)N4CCCC4C(N)=O)csc3n2)cc1. The van der Waals surface area contributed by atoms with Crippen LogP contribution >= 0.6 is 11.3 Å². The van der Waals surface area contributed by atoms with Gasteiger partial charge in [0.05, 0.1) is 5.69 Å². The molecule has 3 aromatic rings. The maximum absolute atomic E-state index is 12.9. The molecular weight excluding hydrogens is 348 g/mol. The van der Waals surface area contributed by atoms with Gasteiger partial charge in [-0.3, -0.25) is 14.0 Å². The third-order valence-electron chi connectivity index (χ3n) is 4.93. The topological polar surface area (TPSA) is 80.7 Å². The molecule has 4 rings (SSSR count). The Labute approximate surface area is 155 Å². The lowest BCUT2D eigenvalue weighted by atomic mass is 10.1. The lowest BCUT2D eigenvalue weighted by molar-refractivity contribution is -0.121. The number of imidazole rings is 1. The maximum atomic E-state index is 12.9. The number of carbonyl (C=O) groups excluding carboxylic acids is 2. The predicted molar refractivity (Wildman–Crippen MR) is 101 cm³/mol. The van der Waals surface area contributed by atoms with Gasteiger partial charge in [-0.1, -0.05) is 31.2 Å². The molecule has 1 fully saturated rings. The summed E-state index contributed by atoms with van der Waals surface area (Å²) in [5, 5.41) is 1.80. The summed E-state index contributed by atoms with van der Waals surface area (Å²) in [6.45, 7) is 2.68. The Morgan fingerprint density at radius 1 is 1.31 bits per heavy atom. The minimum absolute atomic E-state index is 0.164. The highest BCUT2D eigenvalue weighted by Crippen LogP contribution is 2.26. The number of fused-ring (bicyclic) bond motifs is 1. The number of primary amides is 1. The van der Waals surface area contributed by atoms with Gasteiger partial charge in [0.1, 0.15) is 11.7 Å². The number of likely N-dealkylation sites (tertiary alicyclic amines) is 1. The normalized spacial score (nSPS) is 17.1. The van der Waals surface area contributed by atoms with Gasteiger partial charge in [0.15, 0.2) is 4.96 Å². The van der Waals surface area contributed by atoms with Crippen molar-refractivity contribution in [2.45, 2.75) is 32.2 Å². The molecule has 2 N–H and O–H groups in total. The number of rotatable bonds is 4. The largest absolute Gasteiger partial charge is 0.368 e. The first kappa shape index (κ1) is 16.8. The third-order valence-corrected chi connectivity index (χ3v) is 5.77. The van der Waals surface area contributed by atoms with E-state index in [2.05, 4.69) is 36.2 Å². The molecule has 1 aliphatic rings. The molecule has 0 saturated carbocycles. The third kappa shape index (κ3) is 2.78. The number of aryl methyl sites for hydroxylation is 1. The fourth-order valence-electron chi connectivity index (χ4n) is 3.44. The summed E-state index contributed by atoms with van der Waals surface area (Å²) < 4.78 is 1.81. The Morgan fingerprint density at radius 3 is 2.77 bits per heavy atom. The van der Waals surface area contributed by atoms with Crippen LogP contribution in [0.15, 0.2) is 35.8 Å². The first-order valence-electron chi connectivity index (χ1n) is 8.74. The van der Waals surface area contributed by atoms with Crippen LogP contribution in [0.5, 0.6) is 0 Å². The molecule has 3 heterocycles.